The third kappa shape index (κ3) is 11.0. The van der Waals surface area contributed by atoms with Crippen molar-refractivity contribution in [3.8, 4) is 39.6 Å². The average Bonchev–Trinajstić information content (AvgIpc) is 1.56. The number of fused-ring (bicyclic) bond motifs is 33. The van der Waals surface area contributed by atoms with Crippen molar-refractivity contribution in [3.63, 3.8) is 0 Å². The quantitative estimate of drug-likeness (QED) is 0.159. The van der Waals surface area contributed by atoms with Crippen LogP contribution in [0.4, 0.5) is 0 Å². The first-order valence-electron chi connectivity index (χ1n) is 44.1. The van der Waals surface area contributed by atoms with Crippen LogP contribution >= 0.6 is 11.3 Å². The predicted molar refractivity (Wildman–Crippen MR) is 549 cm³/mol. The first-order chi connectivity index (χ1) is 63.5. The fraction of sp³-hybridized carbons (Fsp3) is 0. The van der Waals surface area contributed by atoms with Gasteiger partial charge >= 0.3 is 0 Å². The third-order valence-electron chi connectivity index (χ3n) is 27.3. The van der Waals surface area contributed by atoms with Crippen LogP contribution in [-0.4, -0.2) is 22.8 Å². The second kappa shape index (κ2) is 28.5. The fourth-order valence-electron chi connectivity index (χ4n) is 21.6. The molecule has 5 nitrogen and oxygen atoms in total. The molecule has 0 radical (unpaired) electrons. The van der Waals surface area contributed by atoms with Gasteiger partial charge in [-0.25, -0.2) is 0 Å². The highest BCUT2D eigenvalue weighted by atomic mass is 32.1. The van der Waals surface area contributed by atoms with Crippen molar-refractivity contribution in [3.05, 3.63) is 455 Å². The maximum absolute atomic E-state index is 2.47. The summed E-state index contributed by atoms with van der Waals surface area (Å²) >= 11 is 1.87. The molecule has 0 spiro atoms. The highest BCUT2D eigenvalue weighted by Gasteiger charge is 2.25. The largest absolute Gasteiger partial charge is 0.309 e. The van der Waals surface area contributed by atoms with Gasteiger partial charge in [0.2, 0.25) is 0 Å². The molecular weight excluding hydrogens is 1570 g/mol. The molecule has 29 aromatic rings. The Morgan fingerprint density at radius 1 is 0.133 bits per heavy atom. The number of hydrogen-bond acceptors (Lipinski definition) is 1. The molecule has 23 aromatic carbocycles. The summed E-state index contributed by atoms with van der Waals surface area (Å²) in [6.07, 6.45) is 0. The van der Waals surface area contributed by atoms with Crippen LogP contribution < -0.4 is 0 Å². The maximum Gasteiger partial charge on any atom is 0.0619 e. The molecule has 0 amide bonds. The van der Waals surface area contributed by atoms with Crippen LogP contribution in [0.25, 0.3) is 255 Å². The Labute approximate surface area is 738 Å². The van der Waals surface area contributed by atoms with E-state index in [1.807, 2.05) is 11.3 Å². The molecule has 0 aliphatic carbocycles. The van der Waals surface area contributed by atoms with Crippen LogP contribution in [0.15, 0.2) is 455 Å². The maximum atomic E-state index is 2.47. The molecule has 0 N–H and O–H groups in total. The second-order valence-corrected chi connectivity index (χ2v) is 35.2. The Morgan fingerprint density at radius 3 is 0.867 bits per heavy atom. The Balaban J connectivity index is 0.0000000994. The summed E-state index contributed by atoms with van der Waals surface area (Å²) in [6.45, 7) is 0. The van der Waals surface area contributed by atoms with Gasteiger partial charge in [0.25, 0.3) is 0 Å². The minimum absolute atomic E-state index is 1.17. The van der Waals surface area contributed by atoms with Gasteiger partial charge in [-0.1, -0.05) is 315 Å². The summed E-state index contributed by atoms with van der Waals surface area (Å²) in [5, 5.41) is 36.0. The number of rotatable bonds is 6. The van der Waals surface area contributed by atoms with Crippen LogP contribution in [0.1, 0.15) is 0 Å². The summed E-state index contributed by atoms with van der Waals surface area (Å²) in [4.78, 5) is 0. The molecule has 128 heavy (non-hydrogen) atoms. The lowest BCUT2D eigenvalue weighted by atomic mass is 10.00. The van der Waals surface area contributed by atoms with E-state index in [4.69, 9.17) is 0 Å². The average molecular weight is 1640 g/mol. The van der Waals surface area contributed by atoms with E-state index in [-0.39, 0.29) is 0 Å². The number of hydrogen-bond donors (Lipinski definition) is 0. The van der Waals surface area contributed by atoms with Crippen LogP contribution in [0.5, 0.6) is 0 Å². The number of nitrogens with zero attached hydrogens (tertiary/aromatic N) is 5. The van der Waals surface area contributed by atoms with Gasteiger partial charge in [-0.05, 0) is 231 Å². The van der Waals surface area contributed by atoms with Crippen molar-refractivity contribution in [2.24, 2.45) is 0 Å². The lowest BCUT2D eigenvalue weighted by Gasteiger charge is -2.11. The molecule has 0 fully saturated rings. The zero-order valence-corrected chi connectivity index (χ0v) is 70.3. The summed E-state index contributed by atoms with van der Waals surface area (Å²) in [5.41, 5.74) is 20.6. The molecule has 0 bridgehead atoms. The van der Waals surface area contributed by atoms with Gasteiger partial charge in [-0.15, -0.1) is 11.3 Å². The van der Waals surface area contributed by atoms with E-state index in [1.54, 1.807) is 0 Å². The molecule has 0 saturated carbocycles. The number of para-hydroxylation sites is 2. The van der Waals surface area contributed by atoms with Gasteiger partial charge < -0.3 is 22.8 Å². The topological polar surface area (TPSA) is 24.6 Å². The summed E-state index contributed by atoms with van der Waals surface area (Å²) in [6, 6.07) is 167. The lowest BCUT2D eigenvalue weighted by molar-refractivity contribution is 1.17. The first kappa shape index (κ1) is 71.9. The van der Waals surface area contributed by atoms with E-state index in [9.17, 15) is 0 Å². The molecule has 594 valence electrons. The van der Waals surface area contributed by atoms with E-state index >= 15 is 0 Å². The zero-order valence-electron chi connectivity index (χ0n) is 69.4. The highest BCUT2D eigenvalue weighted by molar-refractivity contribution is 7.25. The molecule has 6 aromatic heterocycles. The minimum Gasteiger partial charge on any atom is -0.309 e. The van der Waals surface area contributed by atoms with Crippen molar-refractivity contribution in [1.29, 1.82) is 0 Å². The first-order valence-corrected chi connectivity index (χ1v) is 44.9. The van der Waals surface area contributed by atoms with Gasteiger partial charge in [-0.3, -0.25) is 0 Å². The molecule has 0 aliphatic heterocycles. The van der Waals surface area contributed by atoms with E-state index in [0.717, 1.165) is 0 Å². The predicted octanol–water partition coefficient (Wildman–Crippen LogP) is 33.8. The SMILES string of the molecule is c1ccc(-n2c3ccc(-n4c5ccc6ccccc6c5c5c6ccccc6ccc54)cc3c3cc4ccccc4cc32)cc1.c1ccc(-n2c3ccc(-n4c5ccc6ccccc6c5c5c6ccccc6ccc54)cc3c3ccc4ccccc4c32)cc1.c1ccc2c(c1)ccc1c2c2c3ccccc3ccc2n1-c1ccc(-c2ccc3sc4ccccc4c3c2)cc1. The van der Waals surface area contributed by atoms with Crippen molar-refractivity contribution >= 4 is 227 Å². The molecule has 0 atom stereocenters. The molecule has 29 rings (SSSR count). The highest BCUT2D eigenvalue weighted by Crippen LogP contribution is 2.48. The third-order valence-corrected chi connectivity index (χ3v) is 28.4. The Bertz CT molecular complexity index is 9230. The fourth-order valence-corrected chi connectivity index (χ4v) is 22.7. The Hall–Kier alpha value is -16.6. The molecule has 6 heterocycles. The van der Waals surface area contributed by atoms with E-state index in [2.05, 4.69) is 478 Å². The Kier molecular flexibility index (Phi) is 16.0. The molecular formula is C122H75N5S. The van der Waals surface area contributed by atoms with Gasteiger partial charge in [0, 0.05) is 108 Å². The van der Waals surface area contributed by atoms with E-state index < -0.39 is 0 Å². The number of benzene rings is 23. The zero-order chi connectivity index (χ0) is 83.8. The van der Waals surface area contributed by atoms with Crippen molar-refractivity contribution in [2.45, 2.75) is 0 Å². The van der Waals surface area contributed by atoms with Crippen molar-refractivity contribution < 1.29 is 0 Å². The van der Waals surface area contributed by atoms with E-state index in [0.29, 0.717) is 0 Å². The summed E-state index contributed by atoms with van der Waals surface area (Å²) < 4.78 is 14.9. The normalized spacial score (nSPS) is 12.1. The van der Waals surface area contributed by atoms with E-state index in [1.165, 1.54) is 255 Å². The molecule has 0 unspecified atom stereocenters. The summed E-state index contributed by atoms with van der Waals surface area (Å²) in [7, 11) is 0. The van der Waals surface area contributed by atoms with Crippen LogP contribution in [0.2, 0.25) is 0 Å². The molecule has 0 aliphatic rings. The van der Waals surface area contributed by atoms with Gasteiger partial charge in [0.1, 0.15) is 0 Å². The number of aromatic nitrogens is 5. The van der Waals surface area contributed by atoms with Crippen LogP contribution in [-0.2, 0) is 0 Å². The van der Waals surface area contributed by atoms with Gasteiger partial charge in [0.15, 0.2) is 0 Å². The second-order valence-electron chi connectivity index (χ2n) is 34.1. The minimum atomic E-state index is 1.17. The Morgan fingerprint density at radius 2 is 0.422 bits per heavy atom. The van der Waals surface area contributed by atoms with Crippen molar-refractivity contribution in [2.75, 3.05) is 0 Å². The van der Waals surface area contributed by atoms with Crippen LogP contribution in [0, 0.1) is 0 Å². The standard InChI is InChI=1S/2C42H26N2.C38H23NS/c1-2-13-30(14-3-1)44-37-25-21-31(26-36(37)35-22-18-29-12-6-9-17-34(29)42(35)44)43-38-23-19-27-10-4-7-15-32(27)40(38)41-33-16-8-5-11-28(33)20-24-39(41)43;1-2-14-31(15-3-1)43-37-23-20-32(26-36(37)35-24-29-12-4-5-13-30(29)25-40(35)43)44-38-21-18-27-10-6-8-16-33(27)41(38)42-34-17-9-7-11-28(34)19-22-39(42)44;1-3-9-29-25(7-1)15-20-33-37(29)38-30-10-4-2-8-26(30)16-21-34(38)39(33)28-18-13-24(14-19-28)27-17-22-36-32(23-27)31-11-5-6-12-35(31)40-36/h2*1-26H;1-23H. The molecule has 0 saturated heterocycles. The summed E-state index contributed by atoms with van der Waals surface area (Å²) in [5.74, 6) is 0. The van der Waals surface area contributed by atoms with Crippen LogP contribution in [0.3, 0.4) is 0 Å². The van der Waals surface area contributed by atoms with Gasteiger partial charge in [0.05, 0.1) is 55.2 Å². The smallest absolute Gasteiger partial charge is 0.0619 e. The lowest BCUT2D eigenvalue weighted by Crippen LogP contribution is -1.96. The molecule has 6 heteroatoms. The van der Waals surface area contributed by atoms with Gasteiger partial charge in [-0.2, -0.15) is 0 Å². The monoisotopic (exact) mass is 1640 g/mol. The van der Waals surface area contributed by atoms with Crippen molar-refractivity contribution in [1.82, 2.24) is 22.8 Å². The number of thiophene rings is 1.